The molecule has 3 aromatic rings. The van der Waals surface area contributed by atoms with E-state index in [-0.39, 0.29) is 26.4 Å². The Morgan fingerprint density at radius 2 is 1.25 bits per heavy atom. The van der Waals surface area contributed by atoms with Gasteiger partial charge in [0.05, 0.1) is 33.0 Å². The van der Waals surface area contributed by atoms with Crippen LogP contribution in [0.3, 0.4) is 0 Å². The smallest absolute Gasteiger partial charge is 0.303 e. The van der Waals surface area contributed by atoms with Gasteiger partial charge in [0.1, 0.15) is 42.7 Å². The molecule has 4 heterocycles. The van der Waals surface area contributed by atoms with Gasteiger partial charge in [-0.3, -0.25) is 4.79 Å². The van der Waals surface area contributed by atoms with Crippen LogP contribution in [0.4, 0.5) is 0 Å². The van der Waals surface area contributed by atoms with E-state index in [1.807, 2.05) is 119 Å². The van der Waals surface area contributed by atoms with Crippen LogP contribution in [0.15, 0.2) is 91.0 Å². The van der Waals surface area contributed by atoms with Crippen molar-refractivity contribution in [2.24, 2.45) is 0 Å². The first-order valence-electron chi connectivity index (χ1n) is 18.3. The Labute approximate surface area is 310 Å². The van der Waals surface area contributed by atoms with Crippen molar-refractivity contribution in [3.63, 3.8) is 0 Å². The van der Waals surface area contributed by atoms with Crippen LogP contribution < -0.4 is 0 Å². The molecule has 0 unspecified atom stereocenters. The summed E-state index contributed by atoms with van der Waals surface area (Å²) in [6.45, 7) is 9.89. The summed E-state index contributed by atoms with van der Waals surface area (Å²) < 4.78 is 70.4. The fourth-order valence-corrected chi connectivity index (χ4v) is 7.22. The lowest BCUT2D eigenvalue weighted by Crippen LogP contribution is -2.63. The molecule has 0 aliphatic carbocycles. The maximum Gasteiger partial charge on any atom is 0.303 e. The number of esters is 1. The summed E-state index contributed by atoms with van der Waals surface area (Å²) in [6, 6.07) is 29.5. The maximum atomic E-state index is 12.9. The van der Waals surface area contributed by atoms with Gasteiger partial charge in [0, 0.05) is 6.92 Å². The van der Waals surface area contributed by atoms with E-state index < -0.39 is 79.0 Å². The molecule has 0 amide bonds. The highest BCUT2D eigenvalue weighted by atomic mass is 16.9. The van der Waals surface area contributed by atoms with E-state index in [1.54, 1.807) is 0 Å². The Balaban J connectivity index is 1.21. The lowest BCUT2D eigenvalue weighted by molar-refractivity contribution is -0.339. The van der Waals surface area contributed by atoms with Crippen LogP contribution in [-0.2, 0) is 76.7 Å². The minimum atomic E-state index is -1.15. The van der Waals surface area contributed by atoms with Gasteiger partial charge in [-0.25, -0.2) is 0 Å². The molecule has 7 rings (SSSR count). The third-order valence-electron chi connectivity index (χ3n) is 9.57. The van der Waals surface area contributed by atoms with Crippen LogP contribution in [0.1, 0.15) is 51.3 Å². The highest BCUT2D eigenvalue weighted by Gasteiger charge is 2.61. The van der Waals surface area contributed by atoms with Crippen LogP contribution in [-0.4, -0.2) is 92.2 Å². The second kappa shape index (κ2) is 16.6. The first-order valence-corrected chi connectivity index (χ1v) is 18.3. The fraction of sp³-hybridized carbons (Fsp3) is 0.537. The van der Waals surface area contributed by atoms with Gasteiger partial charge in [0.25, 0.3) is 0 Å². The van der Waals surface area contributed by atoms with Crippen molar-refractivity contribution in [3.8, 4) is 0 Å². The summed E-state index contributed by atoms with van der Waals surface area (Å²) in [5, 5.41) is 0. The number of hydrogen-bond donors (Lipinski definition) is 0. The van der Waals surface area contributed by atoms with Gasteiger partial charge >= 0.3 is 5.97 Å². The number of hydrogen-bond acceptors (Lipinski definition) is 12. The quantitative estimate of drug-likeness (QED) is 0.196. The summed E-state index contributed by atoms with van der Waals surface area (Å²) in [7, 11) is 0. The zero-order valence-electron chi connectivity index (χ0n) is 30.9. The first-order chi connectivity index (χ1) is 25.5. The number of carbonyl (C=O) groups excluding carboxylic acids is 1. The second-order valence-electron chi connectivity index (χ2n) is 14.7. The van der Waals surface area contributed by atoms with Gasteiger partial charge in [-0.1, -0.05) is 91.0 Å². The van der Waals surface area contributed by atoms with Crippen molar-refractivity contribution < 1.29 is 56.9 Å². The SMILES string of the molecule is CC(=O)O[C@@H]1[C@H](O[C@@H]2[C@H]3OC(C)(C)O[C@H]3O[C@@H]2[C@H]2COC(C)(C)O2)O[C@H](COCc2ccccc2)[C@@H](OCc2ccccc2)[C@@H]1OCc1ccccc1. The van der Waals surface area contributed by atoms with Crippen molar-refractivity contribution >= 4 is 5.97 Å². The number of carbonyl (C=O) groups is 1. The topological polar surface area (TPSA) is 119 Å². The zero-order valence-corrected chi connectivity index (χ0v) is 30.9. The number of fused-ring (bicyclic) bond motifs is 1. The van der Waals surface area contributed by atoms with Crippen molar-refractivity contribution in [1.29, 1.82) is 0 Å². The number of rotatable bonds is 14. The van der Waals surface area contributed by atoms with Crippen molar-refractivity contribution in [1.82, 2.24) is 0 Å². The summed E-state index contributed by atoms with van der Waals surface area (Å²) in [4.78, 5) is 12.9. The largest absolute Gasteiger partial charge is 0.454 e. The molecule has 286 valence electrons. The second-order valence-corrected chi connectivity index (χ2v) is 14.7. The zero-order chi connectivity index (χ0) is 37.0. The Kier molecular flexibility index (Phi) is 11.9. The molecular formula is C41H50O12. The predicted octanol–water partition coefficient (Wildman–Crippen LogP) is 5.44. The van der Waals surface area contributed by atoms with E-state index in [4.69, 9.17) is 52.1 Å². The summed E-state index contributed by atoms with van der Waals surface area (Å²) in [5.74, 6) is -2.28. The average Bonchev–Trinajstić information content (AvgIpc) is 3.77. The van der Waals surface area contributed by atoms with Crippen LogP contribution in [0.2, 0.25) is 0 Å². The van der Waals surface area contributed by atoms with E-state index in [9.17, 15) is 4.79 Å². The summed E-state index contributed by atoms with van der Waals surface area (Å²) >= 11 is 0. The summed E-state index contributed by atoms with van der Waals surface area (Å²) in [6.07, 6.45) is -7.81. The number of benzene rings is 3. The third-order valence-corrected chi connectivity index (χ3v) is 9.57. The van der Waals surface area contributed by atoms with Crippen LogP contribution in [0.5, 0.6) is 0 Å². The molecule has 4 aliphatic heterocycles. The lowest BCUT2D eigenvalue weighted by atomic mass is 9.97. The van der Waals surface area contributed by atoms with E-state index in [0.717, 1.165) is 16.7 Å². The third kappa shape index (κ3) is 9.52. The highest BCUT2D eigenvalue weighted by Crippen LogP contribution is 2.43. The molecule has 0 aromatic heterocycles. The minimum absolute atomic E-state index is 0.128. The molecule has 3 aromatic carbocycles. The average molecular weight is 735 g/mol. The highest BCUT2D eigenvalue weighted by molar-refractivity contribution is 5.66. The van der Waals surface area contributed by atoms with E-state index >= 15 is 0 Å². The van der Waals surface area contributed by atoms with E-state index in [0.29, 0.717) is 6.61 Å². The van der Waals surface area contributed by atoms with E-state index in [2.05, 4.69) is 0 Å². The molecule has 0 bridgehead atoms. The van der Waals surface area contributed by atoms with E-state index in [1.165, 1.54) is 6.92 Å². The molecule has 0 saturated carbocycles. The molecule has 10 atom stereocenters. The van der Waals surface area contributed by atoms with Gasteiger partial charge in [0.2, 0.25) is 0 Å². The van der Waals surface area contributed by atoms with Crippen molar-refractivity contribution in [2.75, 3.05) is 13.2 Å². The van der Waals surface area contributed by atoms with Crippen LogP contribution >= 0.6 is 0 Å². The molecule has 0 N–H and O–H groups in total. The lowest BCUT2D eigenvalue weighted by Gasteiger charge is -2.46. The maximum absolute atomic E-state index is 12.9. The first kappa shape index (κ1) is 38.0. The van der Waals surface area contributed by atoms with Crippen molar-refractivity contribution in [3.05, 3.63) is 108 Å². The number of ether oxygens (including phenoxy) is 11. The van der Waals surface area contributed by atoms with Gasteiger partial charge < -0.3 is 52.1 Å². The Hall–Kier alpha value is -3.27. The molecule has 4 saturated heterocycles. The molecular weight excluding hydrogens is 684 g/mol. The normalized spacial score (nSPS) is 33.1. The standard InChI is InChI=1S/C41H50O12/c1-26(42)47-36-34(45-23-29-19-13-8-14-20-29)32(44-22-28-17-11-7-12-18-28)30(24-43-21-27-15-9-6-10-16-27)48-38(36)50-35-33(31-25-46-40(2,3)51-31)49-39-37(35)52-41(4,5)53-39/h6-20,30-39H,21-25H2,1-5H3/t30-,31-,32-,33-,34+,35+,36+,37-,38+,39-/m1/s1. The molecule has 0 radical (unpaired) electrons. The predicted molar refractivity (Wildman–Crippen MR) is 189 cm³/mol. The molecule has 4 aliphatic rings. The summed E-state index contributed by atoms with van der Waals surface area (Å²) in [5.41, 5.74) is 2.90. The Bertz CT molecular complexity index is 1600. The van der Waals surface area contributed by atoms with Gasteiger partial charge in [-0.2, -0.15) is 0 Å². The molecule has 4 fully saturated rings. The Morgan fingerprint density at radius 3 is 1.81 bits per heavy atom. The van der Waals surface area contributed by atoms with Crippen LogP contribution in [0, 0.1) is 0 Å². The van der Waals surface area contributed by atoms with Gasteiger partial charge in [0.15, 0.2) is 30.3 Å². The fourth-order valence-electron chi connectivity index (χ4n) is 7.22. The molecule has 12 heteroatoms. The monoisotopic (exact) mass is 734 g/mol. The van der Waals surface area contributed by atoms with Crippen molar-refractivity contribution in [2.45, 2.75) is 127 Å². The minimum Gasteiger partial charge on any atom is -0.454 e. The van der Waals surface area contributed by atoms with Gasteiger partial charge in [-0.05, 0) is 44.4 Å². The van der Waals surface area contributed by atoms with Gasteiger partial charge in [-0.15, -0.1) is 0 Å². The molecule has 12 nitrogen and oxygen atoms in total. The van der Waals surface area contributed by atoms with Crippen LogP contribution in [0.25, 0.3) is 0 Å². The molecule has 53 heavy (non-hydrogen) atoms. The Morgan fingerprint density at radius 1 is 0.660 bits per heavy atom. The molecule has 0 spiro atoms.